The SMILES string of the molecule is CCOC(=O)C1=C(COCCNC)NC(C)=C(C(=O)OC)C1. The lowest BCUT2D eigenvalue weighted by Gasteiger charge is -2.24. The topological polar surface area (TPSA) is 85.9 Å². The summed E-state index contributed by atoms with van der Waals surface area (Å²) in [6, 6.07) is 0. The first-order valence-electron chi connectivity index (χ1n) is 7.21. The Morgan fingerprint density at radius 2 is 2.00 bits per heavy atom. The molecule has 0 atom stereocenters. The van der Waals surface area contributed by atoms with E-state index in [0.717, 1.165) is 0 Å². The van der Waals surface area contributed by atoms with Gasteiger partial charge in [0.2, 0.25) is 0 Å². The number of hydrogen-bond donors (Lipinski definition) is 2. The Bertz CT molecular complexity index is 482. The number of dihydropyridines is 1. The molecule has 124 valence electrons. The maximum absolute atomic E-state index is 12.1. The first kappa shape index (κ1) is 18.2. The third-order valence-electron chi connectivity index (χ3n) is 3.21. The van der Waals surface area contributed by atoms with Gasteiger partial charge < -0.3 is 24.8 Å². The minimum Gasteiger partial charge on any atom is -0.466 e. The summed E-state index contributed by atoms with van der Waals surface area (Å²) >= 11 is 0. The van der Waals surface area contributed by atoms with Gasteiger partial charge in [0.15, 0.2) is 0 Å². The maximum atomic E-state index is 12.1. The molecular weight excluding hydrogens is 288 g/mol. The quantitative estimate of drug-likeness (QED) is 0.498. The van der Waals surface area contributed by atoms with E-state index in [1.807, 2.05) is 7.05 Å². The summed E-state index contributed by atoms with van der Waals surface area (Å²) < 4.78 is 15.3. The van der Waals surface area contributed by atoms with Crippen LogP contribution in [0.2, 0.25) is 0 Å². The van der Waals surface area contributed by atoms with Gasteiger partial charge in [0.1, 0.15) is 0 Å². The minimum absolute atomic E-state index is 0.176. The van der Waals surface area contributed by atoms with Crippen molar-refractivity contribution in [2.45, 2.75) is 20.3 Å². The average molecular weight is 312 g/mol. The van der Waals surface area contributed by atoms with E-state index in [1.165, 1.54) is 7.11 Å². The van der Waals surface area contributed by atoms with Gasteiger partial charge in [-0.15, -0.1) is 0 Å². The summed E-state index contributed by atoms with van der Waals surface area (Å²) in [4.78, 5) is 23.9. The molecule has 0 aromatic rings. The van der Waals surface area contributed by atoms with E-state index in [1.54, 1.807) is 13.8 Å². The maximum Gasteiger partial charge on any atom is 0.336 e. The number of carbonyl (C=O) groups is 2. The number of rotatable bonds is 8. The largest absolute Gasteiger partial charge is 0.466 e. The molecule has 0 spiro atoms. The van der Waals surface area contributed by atoms with E-state index in [0.29, 0.717) is 35.7 Å². The Balaban J connectivity index is 2.89. The van der Waals surface area contributed by atoms with Gasteiger partial charge in [-0.2, -0.15) is 0 Å². The van der Waals surface area contributed by atoms with Crippen molar-refractivity contribution in [2.24, 2.45) is 0 Å². The molecule has 7 nitrogen and oxygen atoms in total. The van der Waals surface area contributed by atoms with E-state index in [-0.39, 0.29) is 19.6 Å². The van der Waals surface area contributed by atoms with Crippen molar-refractivity contribution < 1.29 is 23.8 Å². The molecular formula is C15H24N2O5. The Hall–Kier alpha value is -1.86. The first-order chi connectivity index (χ1) is 10.5. The van der Waals surface area contributed by atoms with Crippen LogP contribution in [0.25, 0.3) is 0 Å². The second-order valence-corrected chi connectivity index (χ2v) is 4.73. The molecule has 0 radical (unpaired) electrons. The molecule has 0 aromatic heterocycles. The second kappa shape index (κ2) is 9.22. The number of allylic oxidation sites excluding steroid dienone is 1. The zero-order valence-electron chi connectivity index (χ0n) is 13.6. The lowest BCUT2D eigenvalue weighted by molar-refractivity contribution is -0.138. The summed E-state index contributed by atoms with van der Waals surface area (Å²) in [5.74, 6) is -0.905. The van der Waals surface area contributed by atoms with Crippen LogP contribution in [0.4, 0.5) is 0 Å². The van der Waals surface area contributed by atoms with E-state index in [9.17, 15) is 9.59 Å². The summed E-state index contributed by atoms with van der Waals surface area (Å²) in [6.45, 7) is 5.25. The summed E-state index contributed by atoms with van der Waals surface area (Å²) in [6.07, 6.45) is 0.176. The first-order valence-corrected chi connectivity index (χ1v) is 7.21. The number of carbonyl (C=O) groups excluding carboxylic acids is 2. The number of nitrogens with one attached hydrogen (secondary N) is 2. The van der Waals surface area contributed by atoms with Gasteiger partial charge in [0, 0.05) is 18.7 Å². The third kappa shape index (κ3) is 4.85. The molecule has 7 heteroatoms. The van der Waals surface area contributed by atoms with Crippen LogP contribution in [-0.2, 0) is 23.8 Å². The molecule has 0 fully saturated rings. The molecule has 0 bridgehead atoms. The van der Waals surface area contributed by atoms with Crippen molar-refractivity contribution in [3.05, 3.63) is 22.5 Å². The second-order valence-electron chi connectivity index (χ2n) is 4.73. The molecule has 0 aromatic carbocycles. The molecule has 1 rings (SSSR count). The fourth-order valence-electron chi connectivity index (χ4n) is 2.03. The van der Waals surface area contributed by atoms with E-state index < -0.39 is 11.9 Å². The Kier molecular flexibility index (Phi) is 7.62. The van der Waals surface area contributed by atoms with Gasteiger partial charge in [-0.25, -0.2) is 9.59 Å². The molecule has 0 amide bonds. The van der Waals surface area contributed by atoms with Crippen LogP contribution in [-0.4, -0.2) is 52.5 Å². The summed E-state index contributed by atoms with van der Waals surface area (Å²) in [5, 5.41) is 6.03. The van der Waals surface area contributed by atoms with Crippen LogP contribution in [0.15, 0.2) is 22.5 Å². The predicted octanol–water partition coefficient (Wildman–Crippen LogP) is 0.480. The number of methoxy groups -OCH3 is 1. The van der Waals surface area contributed by atoms with Crippen molar-refractivity contribution in [2.75, 3.05) is 40.5 Å². The van der Waals surface area contributed by atoms with Crippen LogP contribution in [0.5, 0.6) is 0 Å². The van der Waals surface area contributed by atoms with Gasteiger partial charge in [-0.3, -0.25) is 0 Å². The Labute approximate surface area is 130 Å². The summed E-state index contributed by atoms with van der Waals surface area (Å²) in [5.41, 5.74) is 2.11. The fourth-order valence-corrected chi connectivity index (χ4v) is 2.03. The van der Waals surface area contributed by atoms with Gasteiger partial charge >= 0.3 is 11.9 Å². The van der Waals surface area contributed by atoms with Crippen molar-refractivity contribution in [3.8, 4) is 0 Å². The lowest BCUT2D eigenvalue weighted by atomic mass is 9.98. The van der Waals surface area contributed by atoms with E-state index in [4.69, 9.17) is 14.2 Å². The lowest BCUT2D eigenvalue weighted by Crippen LogP contribution is -2.30. The van der Waals surface area contributed by atoms with E-state index in [2.05, 4.69) is 10.6 Å². The van der Waals surface area contributed by atoms with Gasteiger partial charge in [0.05, 0.1) is 43.8 Å². The van der Waals surface area contributed by atoms with E-state index >= 15 is 0 Å². The Morgan fingerprint density at radius 1 is 1.27 bits per heavy atom. The third-order valence-corrected chi connectivity index (χ3v) is 3.21. The normalized spacial score (nSPS) is 14.7. The molecule has 1 heterocycles. The van der Waals surface area contributed by atoms with Gasteiger partial charge in [-0.1, -0.05) is 0 Å². The predicted molar refractivity (Wildman–Crippen MR) is 80.9 cm³/mol. The fraction of sp³-hybridized carbons (Fsp3) is 0.600. The number of ether oxygens (including phenoxy) is 3. The molecule has 0 saturated carbocycles. The van der Waals surface area contributed by atoms with Crippen LogP contribution >= 0.6 is 0 Å². The molecule has 2 N–H and O–H groups in total. The molecule has 1 aliphatic heterocycles. The van der Waals surface area contributed by atoms with Crippen LogP contribution in [0, 0.1) is 0 Å². The highest BCUT2D eigenvalue weighted by Gasteiger charge is 2.28. The highest BCUT2D eigenvalue weighted by molar-refractivity contribution is 5.96. The highest BCUT2D eigenvalue weighted by Crippen LogP contribution is 2.25. The van der Waals surface area contributed by atoms with Crippen LogP contribution in [0.1, 0.15) is 20.3 Å². The zero-order valence-corrected chi connectivity index (χ0v) is 13.6. The number of likely N-dealkylation sites (N-methyl/N-ethyl adjacent to an activating group) is 1. The Morgan fingerprint density at radius 3 is 2.59 bits per heavy atom. The molecule has 0 unspecified atom stereocenters. The molecule has 1 aliphatic rings. The van der Waals surface area contributed by atoms with Crippen molar-refractivity contribution in [1.82, 2.24) is 10.6 Å². The van der Waals surface area contributed by atoms with Crippen molar-refractivity contribution in [3.63, 3.8) is 0 Å². The van der Waals surface area contributed by atoms with Crippen molar-refractivity contribution >= 4 is 11.9 Å². The standard InChI is InChI=1S/C15H24N2O5/c1-5-22-15(19)12-8-11(14(18)20-4)10(2)17-13(12)9-21-7-6-16-3/h16-17H,5-9H2,1-4H3. The number of hydrogen-bond acceptors (Lipinski definition) is 7. The number of esters is 2. The average Bonchev–Trinajstić information content (AvgIpc) is 2.51. The van der Waals surface area contributed by atoms with Crippen LogP contribution < -0.4 is 10.6 Å². The minimum atomic E-state index is -0.457. The van der Waals surface area contributed by atoms with Gasteiger partial charge in [0.25, 0.3) is 0 Å². The summed E-state index contributed by atoms with van der Waals surface area (Å²) in [7, 11) is 3.15. The highest BCUT2D eigenvalue weighted by atomic mass is 16.5. The van der Waals surface area contributed by atoms with Crippen molar-refractivity contribution in [1.29, 1.82) is 0 Å². The molecule has 0 saturated heterocycles. The zero-order chi connectivity index (χ0) is 16.5. The molecule has 22 heavy (non-hydrogen) atoms. The van der Waals surface area contributed by atoms with Crippen LogP contribution in [0.3, 0.4) is 0 Å². The molecule has 0 aliphatic carbocycles. The van der Waals surface area contributed by atoms with Gasteiger partial charge in [-0.05, 0) is 20.9 Å². The smallest absolute Gasteiger partial charge is 0.336 e. The monoisotopic (exact) mass is 312 g/mol.